The third kappa shape index (κ3) is 2.02. The Hall–Kier alpha value is -2.07. The number of fused-ring (bicyclic) bond motifs is 1. The molecule has 2 aromatic heterocycles. The van der Waals surface area contributed by atoms with Gasteiger partial charge in [0.15, 0.2) is 0 Å². The van der Waals surface area contributed by atoms with E-state index in [-0.39, 0.29) is 0 Å². The summed E-state index contributed by atoms with van der Waals surface area (Å²) in [5.74, 6) is 0.771. The van der Waals surface area contributed by atoms with Gasteiger partial charge in [0.1, 0.15) is 5.82 Å². The molecule has 0 radical (unpaired) electrons. The fourth-order valence-corrected chi connectivity index (χ4v) is 2.57. The quantitative estimate of drug-likeness (QED) is 0.729. The van der Waals surface area contributed by atoms with Gasteiger partial charge in [-0.2, -0.15) is 0 Å². The van der Waals surface area contributed by atoms with E-state index in [0.717, 1.165) is 22.8 Å². The first-order valence-electron chi connectivity index (χ1n) is 5.69. The van der Waals surface area contributed by atoms with Gasteiger partial charge in [0.2, 0.25) is 0 Å². The van der Waals surface area contributed by atoms with Crippen LogP contribution in [0.2, 0.25) is 0 Å². The molecule has 3 aromatic rings. The van der Waals surface area contributed by atoms with Crippen LogP contribution in [0.1, 0.15) is 5.56 Å². The van der Waals surface area contributed by atoms with E-state index < -0.39 is 0 Å². The molecule has 0 aliphatic rings. The molecule has 3 nitrogen and oxygen atoms in total. The molecule has 2 heterocycles. The number of hydrogen-bond acceptors (Lipinski definition) is 4. The SMILES string of the molecule is Cc1cnc(Nc2ccc3sccc3c2)cc1N. The molecule has 4 heteroatoms. The smallest absolute Gasteiger partial charge is 0.132 e. The third-order valence-corrected chi connectivity index (χ3v) is 3.77. The number of anilines is 3. The van der Waals surface area contributed by atoms with E-state index in [4.69, 9.17) is 5.73 Å². The summed E-state index contributed by atoms with van der Waals surface area (Å²) in [6.07, 6.45) is 1.78. The van der Waals surface area contributed by atoms with Gasteiger partial charge in [-0.25, -0.2) is 4.98 Å². The predicted molar refractivity (Wildman–Crippen MR) is 78.5 cm³/mol. The number of benzene rings is 1. The molecule has 0 saturated heterocycles. The van der Waals surface area contributed by atoms with Crippen LogP contribution in [-0.4, -0.2) is 4.98 Å². The lowest BCUT2D eigenvalue weighted by Crippen LogP contribution is -1.97. The maximum absolute atomic E-state index is 5.87. The van der Waals surface area contributed by atoms with E-state index in [1.165, 1.54) is 10.1 Å². The maximum atomic E-state index is 5.87. The molecule has 0 saturated carbocycles. The summed E-state index contributed by atoms with van der Waals surface area (Å²) in [6.45, 7) is 1.95. The highest BCUT2D eigenvalue weighted by atomic mass is 32.1. The number of nitrogens with one attached hydrogen (secondary N) is 1. The molecule has 3 rings (SSSR count). The van der Waals surface area contributed by atoms with E-state index in [1.54, 1.807) is 17.5 Å². The average molecular weight is 255 g/mol. The van der Waals surface area contributed by atoms with Crippen LogP contribution in [0, 0.1) is 6.92 Å². The molecule has 0 fully saturated rings. The number of pyridine rings is 1. The second kappa shape index (κ2) is 4.31. The highest BCUT2D eigenvalue weighted by Crippen LogP contribution is 2.26. The van der Waals surface area contributed by atoms with Gasteiger partial charge in [0, 0.05) is 28.3 Å². The summed E-state index contributed by atoms with van der Waals surface area (Å²) in [7, 11) is 0. The second-order valence-electron chi connectivity index (χ2n) is 4.22. The molecule has 3 N–H and O–H groups in total. The maximum Gasteiger partial charge on any atom is 0.132 e. The summed E-state index contributed by atoms with van der Waals surface area (Å²) in [5, 5.41) is 6.60. The Kier molecular flexibility index (Phi) is 2.64. The van der Waals surface area contributed by atoms with E-state index in [2.05, 4.69) is 39.9 Å². The largest absolute Gasteiger partial charge is 0.398 e. The van der Waals surface area contributed by atoms with Gasteiger partial charge in [0.25, 0.3) is 0 Å². The van der Waals surface area contributed by atoms with Crippen LogP contribution in [-0.2, 0) is 0 Å². The topological polar surface area (TPSA) is 50.9 Å². The average Bonchev–Trinajstić information content (AvgIpc) is 2.81. The van der Waals surface area contributed by atoms with E-state index in [9.17, 15) is 0 Å². The summed E-state index contributed by atoms with van der Waals surface area (Å²) < 4.78 is 1.29. The van der Waals surface area contributed by atoms with Crippen molar-refractivity contribution in [3.05, 3.63) is 47.5 Å². The van der Waals surface area contributed by atoms with Crippen molar-refractivity contribution in [3.63, 3.8) is 0 Å². The van der Waals surface area contributed by atoms with Crippen molar-refractivity contribution in [1.29, 1.82) is 0 Å². The Labute approximate surface area is 109 Å². The van der Waals surface area contributed by atoms with Gasteiger partial charge in [-0.3, -0.25) is 0 Å². The number of nitrogens with two attached hydrogens (primary N) is 1. The molecule has 1 aromatic carbocycles. The molecular weight excluding hydrogens is 242 g/mol. The Balaban J connectivity index is 1.92. The van der Waals surface area contributed by atoms with Crippen LogP contribution in [0.3, 0.4) is 0 Å². The standard InChI is InChI=1S/C14H13N3S/c1-9-8-16-14(7-12(9)15)17-11-2-3-13-10(6-11)4-5-18-13/h2-8H,1H3,(H3,15,16,17). The van der Waals surface area contributed by atoms with Gasteiger partial charge < -0.3 is 11.1 Å². The monoisotopic (exact) mass is 255 g/mol. The lowest BCUT2D eigenvalue weighted by molar-refractivity contribution is 1.26. The van der Waals surface area contributed by atoms with E-state index >= 15 is 0 Å². The van der Waals surface area contributed by atoms with Crippen molar-refractivity contribution >= 4 is 38.6 Å². The minimum Gasteiger partial charge on any atom is -0.398 e. The van der Waals surface area contributed by atoms with Crippen LogP contribution < -0.4 is 11.1 Å². The van der Waals surface area contributed by atoms with Gasteiger partial charge >= 0.3 is 0 Å². The van der Waals surface area contributed by atoms with Crippen LogP contribution in [0.4, 0.5) is 17.2 Å². The first-order chi connectivity index (χ1) is 8.72. The number of aryl methyl sites for hydroxylation is 1. The molecule has 90 valence electrons. The first-order valence-corrected chi connectivity index (χ1v) is 6.57. The molecule has 0 bridgehead atoms. The highest BCUT2D eigenvalue weighted by Gasteiger charge is 2.01. The number of nitrogens with zero attached hydrogens (tertiary/aromatic N) is 1. The number of aromatic nitrogens is 1. The van der Waals surface area contributed by atoms with Crippen molar-refractivity contribution in [2.24, 2.45) is 0 Å². The molecule has 0 spiro atoms. The zero-order valence-corrected chi connectivity index (χ0v) is 10.8. The van der Waals surface area contributed by atoms with Gasteiger partial charge in [-0.05, 0) is 47.5 Å². The molecule has 0 aliphatic carbocycles. The van der Waals surface area contributed by atoms with Crippen molar-refractivity contribution in [3.8, 4) is 0 Å². The molecule has 0 unspecified atom stereocenters. The van der Waals surface area contributed by atoms with Crippen LogP contribution in [0.25, 0.3) is 10.1 Å². The van der Waals surface area contributed by atoms with Crippen LogP contribution in [0.5, 0.6) is 0 Å². The van der Waals surface area contributed by atoms with Gasteiger partial charge in [-0.15, -0.1) is 11.3 Å². The van der Waals surface area contributed by atoms with E-state index in [1.807, 2.05) is 13.0 Å². The lowest BCUT2D eigenvalue weighted by atomic mass is 10.2. The lowest BCUT2D eigenvalue weighted by Gasteiger charge is -2.07. The normalized spacial score (nSPS) is 10.7. The molecular formula is C14H13N3S. The fourth-order valence-electron chi connectivity index (χ4n) is 1.80. The Morgan fingerprint density at radius 1 is 1.22 bits per heavy atom. The summed E-state index contributed by atoms with van der Waals surface area (Å²) >= 11 is 1.74. The highest BCUT2D eigenvalue weighted by molar-refractivity contribution is 7.17. The van der Waals surface area contributed by atoms with Crippen molar-refractivity contribution in [2.75, 3.05) is 11.1 Å². The predicted octanol–water partition coefficient (Wildman–Crippen LogP) is 3.93. The molecule has 18 heavy (non-hydrogen) atoms. The number of hydrogen-bond donors (Lipinski definition) is 2. The van der Waals surface area contributed by atoms with Crippen molar-refractivity contribution in [2.45, 2.75) is 6.92 Å². The van der Waals surface area contributed by atoms with Crippen LogP contribution in [0.15, 0.2) is 41.9 Å². The fraction of sp³-hybridized carbons (Fsp3) is 0.0714. The van der Waals surface area contributed by atoms with Crippen LogP contribution >= 0.6 is 11.3 Å². The number of thiophene rings is 1. The van der Waals surface area contributed by atoms with Gasteiger partial charge in [0.05, 0.1) is 0 Å². The Morgan fingerprint density at radius 3 is 2.94 bits per heavy atom. The van der Waals surface area contributed by atoms with Crippen molar-refractivity contribution in [1.82, 2.24) is 4.98 Å². The number of nitrogen functional groups attached to an aromatic ring is 1. The third-order valence-electron chi connectivity index (χ3n) is 2.87. The zero-order chi connectivity index (χ0) is 12.5. The minimum absolute atomic E-state index is 0.754. The minimum atomic E-state index is 0.754. The van der Waals surface area contributed by atoms with Gasteiger partial charge in [-0.1, -0.05) is 0 Å². The Bertz CT molecular complexity index is 703. The van der Waals surface area contributed by atoms with Crippen molar-refractivity contribution < 1.29 is 0 Å². The summed E-state index contributed by atoms with van der Waals surface area (Å²) in [5.41, 5.74) is 8.64. The first kappa shape index (κ1) is 11.0. The molecule has 0 aliphatic heterocycles. The number of rotatable bonds is 2. The molecule has 0 atom stereocenters. The second-order valence-corrected chi connectivity index (χ2v) is 5.17. The zero-order valence-electron chi connectivity index (χ0n) is 9.97. The summed E-state index contributed by atoms with van der Waals surface area (Å²) in [6, 6.07) is 10.2. The van der Waals surface area contributed by atoms with E-state index in [0.29, 0.717) is 0 Å². The summed E-state index contributed by atoms with van der Waals surface area (Å²) in [4.78, 5) is 4.31. The Morgan fingerprint density at radius 2 is 2.11 bits per heavy atom. The molecule has 0 amide bonds.